The van der Waals surface area contributed by atoms with Crippen molar-refractivity contribution in [3.63, 3.8) is 0 Å². The maximum atomic E-state index is 11.9. The summed E-state index contributed by atoms with van der Waals surface area (Å²) in [5, 5.41) is 6.70. The molecule has 6 nitrogen and oxygen atoms in total. The number of carbonyl (C=O) groups is 1. The molecule has 21 heavy (non-hydrogen) atoms. The van der Waals surface area contributed by atoms with Crippen LogP contribution in [0.4, 0.5) is 0 Å². The van der Waals surface area contributed by atoms with E-state index in [4.69, 9.17) is 9.26 Å². The number of amides is 1. The number of aromatic nitrogens is 1. The van der Waals surface area contributed by atoms with E-state index in [-0.39, 0.29) is 5.91 Å². The maximum Gasteiger partial charge on any atom is 0.273 e. The Morgan fingerprint density at radius 2 is 2.24 bits per heavy atom. The summed E-state index contributed by atoms with van der Waals surface area (Å²) in [5.74, 6) is 1.08. The minimum Gasteiger partial charge on any atom is -0.380 e. The van der Waals surface area contributed by atoms with Crippen LogP contribution in [0.2, 0.25) is 0 Å². The van der Waals surface area contributed by atoms with E-state index >= 15 is 0 Å². The summed E-state index contributed by atoms with van der Waals surface area (Å²) in [6.07, 6.45) is 3.43. The van der Waals surface area contributed by atoms with Crippen LogP contribution in [-0.4, -0.2) is 54.9 Å². The van der Waals surface area contributed by atoms with Crippen molar-refractivity contribution < 1.29 is 14.1 Å². The quantitative estimate of drug-likeness (QED) is 0.904. The molecule has 3 heterocycles. The van der Waals surface area contributed by atoms with Gasteiger partial charge in [-0.15, -0.1) is 0 Å². The molecule has 3 rings (SSSR count). The average molecular weight is 293 g/mol. The van der Waals surface area contributed by atoms with Crippen molar-refractivity contribution in [2.75, 3.05) is 32.8 Å². The first-order valence-electron chi connectivity index (χ1n) is 7.75. The van der Waals surface area contributed by atoms with Gasteiger partial charge in [0.1, 0.15) is 5.76 Å². The van der Waals surface area contributed by atoms with Crippen LogP contribution in [0.5, 0.6) is 0 Å². The smallest absolute Gasteiger partial charge is 0.273 e. The molecule has 2 aliphatic heterocycles. The fraction of sp³-hybridized carbons (Fsp3) is 0.733. The standard InChI is InChI=1S/C15H23N3O3/c1-11-8-14(17-21-11)15(19)16-9-12-2-5-18(6-3-12)13-4-7-20-10-13/h8,12-13H,2-7,9-10H2,1H3,(H,16,19)/t13-/m0/s1. The molecule has 0 unspecified atom stereocenters. The Morgan fingerprint density at radius 3 is 2.86 bits per heavy atom. The molecule has 116 valence electrons. The fourth-order valence-electron chi connectivity index (χ4n) is 3.13. The van der Waals surface area contributed by atoms with Gasteiger partial charge in [-0.2, -0.15) is 0 Å². The Morgan fingerprint density at radius 1 is 1.43 bits per heavy atom. The van der Waals surface area contributed by atoms with E-state index in [2.05, 4.69) is 15.4 Å². The molecule has 2 aliphatic rings. The van der Waals surface area contributed by atoms with Crippen LogP contribution in [0.3, 0.4) is 0 Å². The van der Waals surface area contributed by atoms with Gasteiger partial charge < -0.3 is 14.6 Å². The van der Waals surface area contributed by atoms with Gasteiger partial charge in [0, 0.05) is 25.3 Å². The number of rotatable bonds is 4. The Hall–Kier alpha value is -1.40. The van der Waals surface area contributed by atoms with Crippen molar-refractivity contribution in [2.45, 2.75) is 32.2 Å². The van der Waals surface area contributed by atoms with Crippen molar-refractivity contribution in [1.82, 2.24) is 15.4 Å². The molecule has 0 bridgehead atoms. The zero-order chi connectivity index (χ0) is 14.7. The molecule has 0 radical (unpaired) electrons. The largest absolute Gasteiger partial charge is 0.380 e. The van der Waals surface area contributed by atoms with Gasteiger partial charge in [-0.05, 0) is 45.2 Å². The van der Waals surface area contributed by atoms with Crippen LogP contribution in [0.25, 0.3) is 0 Å². The Bertz CT molecular complexity index is 474. The zero-order valence-corrected chi connectivity index (χ0v) is 12.5. The molecule has 1 aromatic heterocycles. The molecule has 1 N–H and O–H groups in total. The lowest BCUT2D eigenvalue weighted by molar-refractivity contribution is 0.0903. The van der Waals surface area contributed by atoms with Gasteiger partial charge in [0.15, 0.2) is 5.69 Å². The minimum atomic E-state index is -0.140. The lowest BCUT2D eigenvalue weighted by Crippen LogP contribution is -2.44. The van der Waals surface area contributed by atoms with Gasteiger partial charge in [-0.3, -0.25) is 9.69 Å². The van der Waals surface area contributed by atoms with Crippen LogP contribution < -0.4 is 5.32 Å². The number of nitrogens with one attached hydrogen (secondary N) is 1. The molecule has 2 saturated heterocycles. The summed E-state index contributed by atoms with van der Waals surface area (Å²) in [7, 11) is 0. The third kappa shape index (κ3) is 3.63. The van der Waals surface area contributed by atoms with E-state index in [1.807, 2.05) is 0 Å². The number of nitrogens with zero attached hydrogens (tertiary/aromatic N) is 2. The summed E-state index contributed by atoms with van der Waals surface area (Å²) in [4.78, 5) is 14.4. The Labute approximate surface area is 124 Å². The topological polar surface area (TPSA) is 67.6 Å². The molecular formula is C15H23N3O3. The Balaban J connectivity index is 1.40. The van der Waals surface area contributed by atoms with Crippen LogP contribution in [-0.2, 0) is 4.74 Å². The first kappa shape index (κ1) is 14.5. The SMILES string of the molecule is Cc1cc(C(=O)NCC2CCN([C@H]3CCOC3)CC2)no1. The highest BCUT2D eigenvalue weighted by Crippen LogP contribution is 2.22. The first-order chi connectivity index (χ1) is 10.2. The monoisotopic (exact) mass is 293 g/mol. The number of carbonyl (C=O) groups excluding carboxylic acids is 1. The van der Waals surface area contributed by atoms with Crippen molar-refractivity contribution in [3.05, 3.63) is 17.5 Å². The van der Waals surface area contributed by atoms with Crippen molar-refractivity contribution in [1.29, 1.82) is 0 Å². The highest BCUT2D eigenvalue weighted by atomic mass is 16.5. The van der Waals surface area contributed by atoms with Gasteiger partial charge in [0.05, 0.1) is 6.61 Å². The number of hydrogen-bond acceptors (Lipinski definition) is 5. The van der Waals surface area contributed by atoms with E-state index in [0.717, 1.165) is 52.1 Å². The predicted octanol–water partition coefficient (Wildman–Crippen LogP) is 1.21. The van der Waals surface area contributed by atoms with Crippen molar-refractivity contribution in [3.8, 4) is 0 Å². The number of likely N-dealkylation sites (tertiary alicyclic amines) is 1. The first-order valence-corrected chi connectivity index (χ1v) is 7.75. The summed E-state index contributed by atoms with van der Waals surface area (Å²) >= 11 is 0. The van der Waals surface area contributed by atoms with E-state index < -0.39 is 0 Å². The normalized spacial score (nSPS) is 24.3. The Kier molecular flexibility index (Phi) is 4.55. The maximum absolute atomic E-state index is 11.9. The van der Waals surface area contributed by atoms with E-state index in [9.17, 15) is 4.79 Å². The molecule has 0 aromatic carbocycles. The minimum absolute atomic E-state index is 0.140. The molecule has 1 aromatic rings. The summed E-state index contributed by atoms with van der Waals surface area (Å²) in [5.41, 5.74) is 0.369. The summed E-state index contributed by atoms with van der Waals surface area (Å²) in [6.45, 7) is 6.51. The fourth-order valence-corrected chi connectivity index (χ4v) is 3.13. The highest BCUT2D eigenvalue weighted by Gasteiger charge is 2.27. The van der Waals surface area contributed by atoms with Crippen LogP contribution in [0, 0.1) is 12.8 Å². The summed E-state index contributed by atoms with van der Waals surface area (Å²) in [6, 6.07) is 2.27. The van der Waals surface area contributed by atoms with Crippen molar-refractivity contribution in [2.24, 2.45) is 5.92 Å². The second kappa shape index (κ2) is 6.58. The van der Waals surface area contributed by atoms with E-state index in [1.54, 1.807) is 13.0 Å². The van der Waals surface area contributed by atoms with Crippen LogP contribution >= 0.6 is 0 Å². The molecule has 2 fully saturated rings. The van der Waals surface area contributed by atoms with Gasteiger partial charge in [0.2, 0.25) is 0 Å². The predicted molar refractivity (Wildman–Crippen MR) is 77.1 cm³/mol. The average Bonchev–Trinajstić information content (AvgIpc) is 3.16. The molecule has 0 saturated carbocycles. The lowest BCUT2D eigenvalue weighted by atomic mass is 9.95. The molecule has 0 spiro atoms. The van der Waals surface area contributed by atoms with Crippen molar-refractivity contribution >= 4 is 5.91 Å². The lowest BCUT2D eigenvalue weighted by Gasteiger charge is -2.35. The van der Waals surface area contributed by atoms with Crippen LogP contribution in [0.15, 0.2) is 10.6 Å². The number of aryl methyl sites for hydroxylation is 1. The molecule has 1 atom stereocenters. The van der Waals surface area contributed by atoms with Gasteiger partial charge in [-0.1, -0.05) is 5.16 Å². The van der Waals surface area contributed by atoms with Gasteiger partial charge in [0.25, 0.3) is 5.91 Å². The van der Waals surface area contributed by atoms with E-state index in [1.165, 1.54) is 0 Å². The van der Waals surface area contributed by atoms with Gasteiger partial charge in [-0.25, -0.2) is 0 Å². The number of piperidine rings is 1. The third-order valence-electron chi connectivity index (χ3n) is 4.48. The molecule has 6 heteroatoms. The second-order valence-electron chi connectivity index (χ2n) is 6.03. The number of hydrogen-bond donors (Lipinski definition) is 1. The van der Waals surface area contributed by atoms with Crippen LogP contribution in [0.1, 0.15) is 35.5 Å². The highest BCUT2D eigenvalue weighted by molar-refractivity contribution is 5.92. The zero-order valence-electron chi connectivity index (χ0n) is 12.5. The molecule has 0 aliphatic carbocycles. The summed E-state index contributed by atoms with van der Waals surface area (Å²) < 4.78 is 10.4. The van der Waals surface area contributed by atoms with Gasteiger partial charge >= 0.3 is 0 Å². The van der Waals surface area contributed by atoms with E-state index in [0.29, 0.717) is 23.4 Å². The molecular weight excluding hydrogens is 270 g/mol. The number of ether oxygens (including phenoxy) is 1. The third-order valence-corrected chi connectivity index (χ3v) is 4.48. The molecule has 1 amide bonds. The second-order valence-corrected chi connectivity index (χ2v) is 6.03.